The van der Waals surface area contributed by atoms with Crippen LogP contribution in [0.2, 0.25) is 0 Å². The first-order valence-electron chi connectivity index (χ1n) is 8.96. The fourth-order valence-electron chi connectivity index (χ4n) is 2.80. The zero-order valence-electron chi connectivity index (χ0n) is 15.9. The lowest BCUT2D eigenvalue weighted by Crippen LogP contribution is -2.06. The number of methoxy groups -OCH3 is 1. The number of thiophene rings is 1. The summed E-state index contributed by atoms with van der Waals surface area (Å²) in [6.45, 7) is 1.70. The Morgan fingerprint density at radius 2 is 1.97 bits per heavy atom. The summed E-state index contributed by atoms with van der Waals surface area (Å²) in [6, 6.07) is 15.5. The highest BCUT2D eigenvalue weighted by Gasteiger charge is 2.18. The Morgan fingerprint density at radius 3 is 2.76 bits per heavy atom. The lowest BCUT2D eigenvalue weighted by Gasteiger charge is -2.07. The average molecular weight is 406 g/mol. The van der Waals surface area contributed by atoms with E-state index in [9.17, 15) is 4.79 Å². The molecule has 0 fully saturated rings. The number of aromatic nitrogens is 2. The molecule has 0 amide bonds. The summed E-state index contributed by atoms with van der Waals surface area (Å²) in [5.41, 5.74) is 0.894. The fourth-order valence-corrected chi connectivity index (χ4v) is 3.44. The second-order valence-corrected chi connectivity index (χ2v) is 7.26. The van der Waals surface area contributed by atoms with Crippen molar-refractivity contribution >= 4 is 34.2 Å². The minimum absolute atomic E-state index is 0.259. The molecule has 0 aliphatic heterocycles. The summed E-state index contributed by atoms with van der Waals surface area (Å²) >= 11 is 1.50. The summed E-state index contributed by atoms with van der Waals surface area (Å²) in [5.74, 6) is 1.00. The van der Waals surface area contributed by atoms with E-state index in [1.807, 2.05) is 53.9 Å². The minimum atomic E-state index is -0.641. The monoisotopic (exact) mass is 406 g/mol. The van der Waals surface area contributed by atoms with Crippen LogP contribution in [0.4, 0.5) is 0 Å². The lowest BCUT2D eigenvalue weighted by atomic mass is 10.1. The molecule has 2 aromatic carbocycles. The van der Waals surface area contributed by atoms with Crippen LogP contribution >= 0.6 is 11.3 Å². The number of esters is 1. The summed E-state index contributed by atoms with van der Waals surface area (Å²) in [4.78, 5) is 13.0. The number of hydrogen-bond donors (Lipinski definition) is 0. The number of carbonyl (C=O) groups is 1. The zero-order valence-corrected chi connectivity index (χ0v) is 16.7. The third kappa shape index (κ3) is 4.35. The highest BCUT2D eigenvalue weighted by atomic mass is 32.1. The first-order valence-corrected chi connectivity index (χ1v) is 9.84. The van der Waals surface area contributed by atoms with Crippen LogP contribution < -0.4 is 4.74 Å². The highest BCUT2D eigenvalue weighted by Crippen LogP contribution is 2.26. The summed E-state index contributed by atoms with van der Waals surface area (Å²) < 4.78 is 16.2. The van der Waals surface area contributed by atoms with E-state index >= 15 is 0 Å². The third-order valence-corrected chi connectivity index (χ3v) is 5.15. The van der Waals surface area contributed by atoms with Gasteiger partial charge >= 0.3 is 5.97 Å². The van der Waals surface area contributed by atoms with Gasteiger partial charge in [0.25, 0.3) is 11.8 Å². The topological polar surface area (TPSA) is 74.5 Å². The number of ether oxygens (including phenoxy) is 2. The normalized spacial score (nSPS) is 12.3. The van der Waals surface area contributed by atoms with Gasteiger partial charge in [0.15, 0.2) is 6.10 Å². The molecule has 0 saturated heterocycles. The molecular formula is C22H18N2O4S. The number of carbonyl (C=O) groups excluding carboxylic acids is 1. The van der Waals surface area contributed by atoms with Crippen LogP contribution in [0.25, 0.3) is 27.6 Å². The van der Waals surface area contributed by atoms with Crippen molar-refractivity contribution in [1.82, 2.24) is 10.2 Å². The third-order valence-electron chi connectivity index (χ3n) is 4.30. The molecule has 0 N–H and O–H groups in total. The predicted octanol–water partition coefficient (Wildman–Crippen LogP) is 5.28. The molecule has 4 aromatic rings. The van der Waals surface area contributed by atoms with Crippen molar-refractivity contribution in [2.24, 2.45) is 0 Å². The molecule has 4 rings (SSSR count). The molecule has 146 valence electrons. The first-order chi connectivity index (χ1) is 14.1. The van der Waals surface area contributed by atoms with Gasteiger partial charge in [-0.3, -0.25) is 0 Å². The van der Waals surface area contributed by atoms with Crippen molar-refractivity contribution in [3.63, 3.8) is 0 Å². The second-order valence-electron chi connectivity index (χ2n) is 6.31. The van der Waals surface area contributed by atoms with E-state index in [-0.39, 0.29) is 5.89 Å². The molecule has 2 heterocycles. The number of fused-ring (bicyclic) bond motifs is 1. The van der Waals surface area contributed by atoms with Crippen LogP contribution in [0.1, 0.15) is 24.5 Å². The van der Waals surface area contributed by atoms with E-state index < -0.39 is 12.1 Å². The number of nitrogens with zero attached hydrogens (tertiary/aromatic N) is 2. The van der Waals surface area contributed by atoms with E-state index in [4.69, 9.17) is 13.9 Å². The Bertz CT molecular complexity index is 1160. The van der Waals surface area contributed by atoms with Crippen molar-refractivity contribution in [3.05, 3.63) is 71.4 Å². The zero-order chi connectivity index (χ0) is 20.2. The standard InChI is InChI=1S/C22H18N2O4S/c1-14(21-23-24-22(28-21)19-4-3-11-29-19)27-20(25)10-6-15-5-7-17-13-18(26-2)9-8-16(17)12-15/h3-14H,1-2H3/b10-6+/t14-/m0/s1. The molecule has 0 spiro atoms. The number of benzene rings is 2. The van der Waals surface area contributed by atoms with Crippen LogP contribution in [-0.4, -0.2) is 23.3 Å². The molecule has 0 aliphatic carbocycles. The summed E-state index contributed by atoms with van der Waals surface area (Å²) in [7, 11) is 1.64. The lowest BCUT2D eigenvalue weighted by molar-refractivity contribution is -0.143. The molecule has 0 unspecified atom stereocenters. The van der Waals surface area contributed by atoms with Gasteiger partial charge in [-0.25, -0.2) is 4.79 Å². The SMILES string of the molecule is COc1ccc2cc(/C=C/C(=O)O[C@@H](C)c3nnc(-c4cccs4)o3)ccc2c1. The van der Waals surface area contributed by atoms with Gasteiger partial charge in [-0.2, -0.15) is 0 Å². The Balaban J connectivity index is 1.41. The second kappa shape index (κ2) is 8.28. The van der Waals surface area contributed by atoms with Gasteiger partial charge in [0.1, 0.15) is 5.75 Å². The maximum absolute atomic E-state index is 12.2. The summed E-state index contributed by atoms with van der Waals surface area (Å²) in [5, 5.41) is 12.0. The smallest absolute Gasteiger partial charge is 0.331 e. The van der Waals surface area contributed by atoms with E-state index in [0.29, 0.717) is 5.89 Å². The molecule has 6 nitrogen and oxygen atoms in total. The maximum atomic E-state index is 12.2. The van der Waals surface area contributed by atoms with Crippen molar-refractivity contribution < 1.29 is 18.7 Å². The van der Waals surface area contributed by atoms with Crippen LogP contribution in [0.5, 0.6) is 5.75 Å². The molecule has 0 aliphatic rings. The molecule has 0 saturated carbocycles. The van der Waals surface area contributed by atoms with E-state index in [1.54, 1.807) is 20.1 Å². The maximum Gasteiger partial charge on any atom is 0.331 e. The molecular weight excluding hydrogens is 388 g/mol. The average Bonchev–Trinajstić information content (AvgIpc) is 3.43. The highest BCUT2D eigenvalue weighted by molar-refractivity contribution is 7.13. The van der Waals surface area contributed by atoms with Crippen molar-refractivity contribution in [2.75, 3.05) is 7.11 Å². The van der Waals surface area contributed by atoms with Gasteiger partial charge in [-0.1, -0.05) is 24.3 Å². The van der Waals surface area contributed by atoms with Gasteiger partial charge in [0.2, 0.25) is 0 Å². The van der Waals surface area contributed by atoms with Gasteiger partial charge in [0.05, 0.1) is 12.0 Å². The van der Waals surface area contributed by atoms with Crippen LogP contribution in [0.3, 0.4) is 0 Å². The Hall–Kier alpha value is -3.45. The quantitative estimate of drug-likeness (QED) is 0.320. The van der Waals surface area contributed by atoms with Gasteiger partial charge < -0.3 is 13.9 Å². The molecule has 2 aromatic heterocycles. The van der Waals surface area contributed by atoms with Gasteiger partial charge in [-0.05, 0) is 59.0 Å². The Labute approximate surface area is 171 Å². The van der Waals surface area contributed by atoms with Crippen molar-refractivity contribution in [3.8, 4) is 16.5 Å². The van der Waals surface area contributed by atoms with Crippen LogP contribution in [-0.2, 0) is 9.53 Å². The molecule has 0 radical (unpaired) electrons. The molecule has 29 heavy (non-hydrogen) atoms. The largest absolute Gasteiger partial charge is 0.497 e. The number of rotatable bonds is 6. The van der Waals surface area contributed by atoms with E-state index in [1.165, 1.54) is 17.4 Å². The first kappa shape index (κ1) is 18.9. The van der Waals surface area contributed by atoms with Crippen LogP contribution in [0, 0.1) is 0 Å². The Kier molecular flexibility index (Phi) is 5.39. The van der Waals surface area contributed by atoms with E-state index in [2.05, 4.69) is 10.2 Å². The van der Waals surface area contributed by atoms with Gasteiger partial charge in [0, 0.05) is 6.08 Å². The van der Waals surface area contributed by atoms with Crippen LogP contribution in [0.15, 0.2) is 64.4 Å². The van der Waals surface area contributed by atoms with Crippen molar-refractivity contribution in [2.45, 2.75) is 13.0 Å². The van der Waals surface area contributed by atoms with E-state index in [0.717, 1.165) is 27.0 Å². The fraction of sp³-hybridized carbons (Fsp3) is 0.136. The molecule has 7 heteroatoms. The Morgan fingerprint density at radius 1 is 1.14 bits per heavy atom. The molecule has 1 atom stereocenters. The number of hydrogen-bond acceptors (Lipinski definition) is 7. The summed E-state index contributed by atoms with van der Waals surface area (Å²) in [6.07, 6.45) is 2.46. The molecule has 0 bridgehead atoms. The predicted molar refractivity (Wildman–Crippen MR) is 112 cm³/mol. The van der Waals surface area contributed by atoms with Gasteiger partial charge in [-0.15, -0.1) is 21.5 Å². The minimum Gasteiger partial charge on any atom is -0.497 e. The van der Waals surface area contributed by atoms with Crippen molar-refractivity contribution in [1.29, 1.82) is 0 Å².